The molecule has 70 heavy (non-hydrogen) atoms. The number of unbranched alkanes of at least 4 members (excludes halogenated alkanes) is 1. The van der Waals surface area contributed by atoms with Crippen LogP contribution in [0.5, 0.6) is 0 Å². The number of ether oxygens (including phenoxy) is 5. The summed E-state index contributed by atoms with van der Waals surface area (Å²) in [6.07, 6.45) is 8.29. The zero-order chi connectivity index (χ0) is 48.7. The number of thioether (sulfide) groups is 7. The molecular weight excluding hydrogens is 1020 g/mol. The number of hydrogen-bond acceptors (Lipinski definition) is 16. The Labute approximate surface area is 438 Å². The number of nitrogens with zero attached hydrogens (tertiary/aromatic N) is 2. The summed E-state index contributed by atoms with van der Waals surface area (Å²) in [5, 5.41) is 8.71. The second-order valence-corrected chi connectivity index (χ2v) is 24.9. The summed E-state index contributed by atoms with van der Waals surface area (Å²) >= 11 is 13.0. The molecule has 4 aliphatic rings. The van der Waals surface area contributed by atoms with Crippen LogP contribution in [0.15, 0.2) is 75.1 Å². The van der Waals surface area contributed by atoms with Crippen LogP contribution in [0.1, 0.15) is 81.0 Å². The SMILES string of the molecule is CCCCC(CC)CN1C(=O)c2ccc3c4ccc5c6c(ccc(c7ccc(c2c37)C1=O)c64)C(=O)N(CCOCCOCCOCCOCCOCCSC1=CSC(=C2SC(SC)=C(SC)S2)S1)C5=O. The Morgan fingerprint density at radius 2 is 0.971 bits per heavy atom. The molecule has 370 valence electrons. The lowest BCUT2D eigenvalue weighted by molar-refractivity contribution is -0.0110. The van der Waals surface area contributed by atoms with Gasteiger partial charge in [0.05, 0.1) is 93.8 Å². The monoisotopic (exact) mass is 1080 g/mol. The van der Waals surface area contributed by atoms with Crippen molar-refractivity contribution in [3.05, 3.63) is 97.4 Å². The van der Waals surface area contributed by atoms with Gasteiger partial charge < -0.3 is 23.7 Å². The normalized spacial score (nSPS) is 16.6. The average Bonchev–Trinajstić information content (AvgIpc) is 4.04. The molecule has 0 N–H and O–H groups in total. The maximum absolute atomic E-state index is 14.0. The molecule has 1 atom stereocenters. The fourth-order valence-corrected chi connectivity index (χ4v) is 18.2. The highest BCUT2D eigenvalue weighted by molar-refractivity contribution is 8.43. The molecule has 0 radical (unpaired) electrons. The van der Waals surface area contributed by atoms with E-state index in [2.05, 4.69) is 31.8 Å². The van der Waals surface area contributed by atoms with Gasteiger partial charge in [0.1, 0.15) is 0 Å². The highest BCUT2D eigenvalue weighted by atomic mass is 32.3. The molecule has 4 heterocycles. The molecule has 1 unspecified atom stereocenters. The van der Waals surface area contributed by atoms with E-state index in [1.807, 2.05) is 119 Å². The Hall–Kier alpha value is -2.85. The standard InChI is InChI=1S/C52H56N2O9S7/c1-5-7-8-31(6-2)29-54-47(57)38-15-11-34-32-9-13-36-43-37(14-10-33(41(32)43)35-12-16-39(48(54)58)44(38)42(34)35)46(56)53(45(36)55)17-18-59-19-20-60-21-22-61-23-24-62-25-26-63-27-28-66-40-30-67-51(68-40)52-69-49(64-3)50(65-4)70-52/h9-16,30-31H,5-8,17-29H2,1-4H3. The van der Waals surface area contributed by atoms with Gasteiger partial charge in [0, 0.05) is 45.3 Å². The molecule has 18 heteroatoms. The highest BCUT2D eigenvalue weighted by Crippen LogP contribution is 2.62. The van der Waals surface area contributed by atoms with Gasteiger partial charge in [0.2, 0.25) is 0 Å². The zero-order valence-electron chi connectivity index (χ0n) is 39.7. The summed E-state index contributed by atoms with van der Waals surface area (Å²) < 4.78 is 35.4. The van der Waals surface area contributed by atoms with E-state index in [0.29, 0.717) is 99.0 Å². The predicted octanol–water partition coefficient (Wildman–Crippen LogP) is 12.7. The Balaban J connectivity index is 0.679. The molecule has 0 aliphatic carbocycles. The molecule has 0 aromatic heterocycles. The number of carbonyl (C=O) groups excluding carboxylic acids is 4. The van der Waals surface area contributed by atoms with E-state index in [4.69, 9.17) is 23.7 Å². The third-order valence-electron chi connectivity index (χ3n) is 12.7. The summed E-state index contributed by atoms with van der Waals surface area (Å²) in [6, 6.07) is 15.0. The lowest BCUT2D eigenvalue weighted by atomic mass is 9.82. The molecule has 4 amide bonds. The summed E-state index contributed by atoms with van der Waals surface area (Å²) in [5.74, 6) is -0.0877. The number of benzene rings is 5. The molecule has 5 aromatic rings. The van der Waals surface area contributed by atoms with Gasteiger partial charge in [0.15, 0.2) is 0 Å². The van der Waals surface area contributed by atoms with Gasteiger partial charge in [-0.15, -0.1) is 35.3 Å². The first kappa shape index (κ1) is 52.0. The maximum Gasteiger partial charge on any atom is 0.261 e. The number of imide groups is 2. The molecule has 0 spiro atoms. The zero-order valence-corrected chi connectivity index (χ0v) is 45.4. The van der Waals surface area contributed by atoms with Crippen molar-refractivity contribution >= 4 is 149 Å². The van der Waals surface area contributed by atoms with Crippen molar-refractivity contribution in [1.29, 1.82) is 0 Å². The first-order chi connectivity index (χ1) is 34.3. The number of amides is 4. The molecule has 11 nitrogen and oxygen atoms in total. The minimum atomic E-state index is -0.366. The van der Waals surface area contributed by atoms with Gasteiger partial charge in [-0.25, -0.2) is 0 Å². The van der Waals surface area contributed by atoms with Crippen molar-refractivity contribution in [2.24, 2.45) is 5.92 Å². The van der Waals surface area contributed by atoms with Crippen molar-refractivity contribution in [2.75, 3.05) is 97.4 Å². The van der Waals surface area contributed by atoms with Crippen LogP contribution in [0.25, 0.3) is 43.1 Å². The van der Waals surface area contributed by atoms with Crippen molar-refractivity contribution < 1.29 is 42.9 Å². The average molecular weight is 1080 g/mol. The minimum Gasteiger partial charge on any atom is -0.378 e. The van der Waals surface area contributed by atoms with Crippen LogP contribution in [0, 0.1) is 5.92 Å². The lowest BCUT2D eigenvalue weighted by Gasteiger charge is -2.31. The summed E-state index contributed by atoms with van der Waals surface area (Å²) in [4.78, 5) is 58.8. The van der Waals surface area contributed by atoms with Gasteiger partial charge in [-0.2, -0.15) is 0 Å². The van der Waals surface area contributed by atoms with E-state index in [1.165, 1.54) is 31.0 Å². The Kier molecular flexibility index (Phi) is 18.2. The predicted molar refractivity (Wildman–Crippen MR) is 298 cm³/mol. The second kappa shape index (κ2) is 24.5. The van der Waals surface area contributed by atoms with Crippen LogP contribution in [-0.2, 0) is 23.7 Å². The van der Waals surface area contributed by atoms with Crippen LogP contribution in [-0.4, -0.2) is 131 Å². The van der Waals surface area contributed by atoms with Crippen LogP contribution in [0.3, 0.4) is 0 Å². The molecule has 5 aromatic carbocycles. The molecule has 0 fully saturated rings. The topological polar surface area (TPSA) is 121 Å². The fourth-order valence-electron chi connectivity index (χ4n) is 9.25. The fraction of sp³-hybridized carbons (Fsp3) is 0.423. The van der Waals surface area contributed by atoms with Crippen LogP contribution in [0.2, 0.25) is 0 Å². The van der Waals surface area contributed by atoms with E-state index in [0.717, 1.165) is 63.8 Å². The van der Waals surface area contributed by atoms with Gasteiger partial charge in [0.25, 0.3) is 23.6 Å². The van der Waals surface area contributed by atoms with E-state index >= 15 is 0 Å². The highest BCUT2D eigenvalue weighted by Gasteiger charge is 2.37. The smallest absolute Gasteiger partial charge is 0.261 e. The molecule has 0 saturated carbocycles. The molecule has 4 aliphatic heterocycles. The molecule has 0 saturated heterocycles. The maximum atomic E-state index is 14.0. The van der Waals surface area contributed by atoms with E-state index in [9.17, 15) is 19.2 Å². The first-order valence-corrected chi connectivity index (χ1v) is 30.4. The third-order valence-corrected chi connectivity index (χ3v) is 22.2. The van der Waals surface area contributed by atoms with Crippen molar-refractivity contribution in [2.45, 2.75) is 39.5 Å². The Morgan fingerprint density at radius 1 is 0.529 bits per heavy atom. The van der Waals surface area contributed by atoms with Crippen molar-refractivity contribution in [3.8, 4) is 0 Å². The quantitative estimate of drug-likeness (QED) is 0.0214. The van der Waals surface area contributed by atoms with Crippen LogP contribution in [0.4, 0.5) is 0 Å². The number of rotatable bonds is 27. The summed E-state index contributed by atoms with van der Waals surface area (Å²) in [6.45, 7) is 9.12. The number of hydrogen-bond donors (Lipinski definition) is 0. The van der Waals surface area contributed by atoms with E-state index in [-0.39, 0.29) is 42.7 Å². The van der Waals surface area contributed by atoms with Crippen LogP contribution >= 0.6 is 82.3 Å². The minimum absolute atomic E-state index is 0.102. The summed E-state index contributed by atoms with van der Waals surface area (Å²) in [7, 11) is 0. The third kappa shape index (κ3) is 10.9. The number of fused-ring (bicyclic) bond motifs is 2. The van der Waals surface area contributed by atoms with Gasteiger partial charge in [-0.3, -0.25) is 29.0 Å². The second-order valence-electron chi connectivity index (χ2n) is 16.9. The Morgan fingerprint density at radius 3 is 1.41 bits per heavy atom. The van der Waals surface area contributed by atoms with Crippen LogP contribution < -0.4 is 0 Å². The largest absolute Gasteiger partial charge is 0.378 e. The van der Waals surface area contributed by atoms with E-state index < -0.39 is 0 Å². The van der Waals surface area contributed by atoms with Crippen molar-refractivity contribution in [3.63, 3.8) is 0 Å². The van der Waals surface area contributed by atoms with Gasteiger partial charge in [-0.1, -0.05) is 104 Å². The summed E-state index contributed by atoms with van der Waals surface area (Å²) in [5.41, 5.74) is 1.98. The molecule has 0 bridgehead atoms. The van der Waals surface area contributed by atoms with E-state index in [1.54, 1.807) is 12.1 Å². The lowest BCUT2D eigenvalue weighted by Crippen LogP contribution is -2.43. The number of carbonyl (C=O) groups is 4. The Bertz CT molecular complexity index is 2770. The first-order valence-electron chi connectivity index (χ1n) is 23.7. The van der Waals surface area contributed by atoms with Gasteiger partial charge in [-0.05, 0) is 86.8 Å². The van der Waals surface area contributed by atoms with Gasteiger partial charge >= 0.3 is 0 Å². The van der Waals surface area contributed by atoms with Crippen molar-refractivity contribution in [1.82, 2.24) is 9.80 Å². The molecule has 9 rings (SSSR count). The molecular formula is C52H56N2O9S7.